The quantitative estimate of drug-likeness (QED) is 0.911. The molecule has 5 nitrogen and oxygen atoms in total. The summed E-state index contributed by atoms with van der Waals surface area (Å²) in [5.74, 6) is -0.352. The number of nitrogens with one attached hydrogen (secondary N) is 1. The first-order chi connectivity index (χ1) is 12.4. The Bertz CT molecular complexity index is 831. The fourth-order valence-corrected chi connectivity index (χ4v) is 3.43. The predicted octanol–water partition coefficient (Wildman–Crippen LogP) is 3.05. The zero-order chi connectivity index (χ0) is 18.3. The van der Waals surface area contributed by atoms with Gasteiger partial charge in [-0.05, 0) is 43.1 Å². The van der Waals surface area contributed by atoms with E-state index in [1.807, 2.05) is 24.1 Å². The number of halogens is 2. The largest absolute Gasteiger partial charge is 0.586 e. The minimum atomic E-state index is -3.66. The SMILES string of the molecule is CN(CC(=O)Nc1ccc2c(c1)OC(F)(F)O2)C1Cc2ccccc2C1. The first kappa shape index (κ1) is 16.8. The van der Waals surface area contributed by atoms with E-state index in [9.17, 15) is 13.6 Å². The van der Waals surface area contributed by atoms with Gasteiger partial charge in [-0.15, -0.1) is 8.78 Å². The molecule has 1 heterocycles. The van der Waals surface area contributed by atoms with Crippen molar-refractivity contribution in [1.29, 1.82) is 0 Å². The number of likely N-dealkylation sites (N-methyl/N-ethyl adjacent to an activating group) is 1. The number of hydrogen-bond acceptors (Lipinski definition) is 4. The van der Waals surface area contributed by atoms with Gasteiger partial charge in [0.05, 0.1) is 6.54 Å². The molecule has 0 spiro atoms. The summed E-state index contributed by atoms with van der Waals surface area (Å²) in [5.41, 5.74) is 3.03. The van der Waals surface area contributed by atoms with Gasteiger partial charge < -0.3 is 14.8 Å². The Morgan fingerprint density at radius 2 is 1.81 bits per heavy atom. The highest BCUT2D eigenvalue weighted by molar-refractivity contribution is 5.92. The summed E-state index contributed by atoms with van der Waals surface area (Å²) in [6.07, 6.45) is -1.83. The highest BCUT2D eigenvalue weighted by atomic mass is 19.3. The van der Waals surface area contributed by atoms with E-state index < -0.39 is 6.29 Å². The van der Waals surface area contributed by atoms with Crippen molar-refractivity contribution in [3.05, 3.63) is 53.6 Å². The number of anilines is 1. The molecule has 7 heteroatoms. The maximum absolute atomic E-state index is 13.1. The first-order valence-corrected chi connectivity index (χ1v) is 8.36. The van der Waals surface area contributed by atoms with E-state index in [0.717, 1.165) is 12.8 Å². The molecule has 26 heavy (non-hydrogen) atoms. The molecule has 0 atom stereocenters. The number of benzene rings is 2. The summed E-state index contributed by atoms with van der Waals surface area (Å²) < 4.78 is 34.8. The average Bonchev–Trinajstić information content (AvgIpc) is 3.13. The summed E-state index contributed by atoms with van der Waals surface area (Å²) in [6.45, 7) is 0.212. The lowest BCUT2D eigenvalue weighted by Gasteiger charge is -2.23. The van der Waals surface area contributed by atoms with E-state index in [4.69, 9.17) is 0 Å². The molecule has 0 saturated carbocycles. The lowest BCUT2D eigenvalue weighted by atomic mass is 10.1. The van der Waals surface area contributed by atoms with Crippen LogP contribution in [0.4, 0.5) is 14.5 Å². The van der Waals surface area contributed by atoms with Crippen molar-refractivity contribution in [2.75, 3.05) is 18.9 Å². The Morgan fingerprint density at radius 3 is 2.50 bits per heavy atom. The number of alkyl halides is 2. The Hall–Kier alpha value is -2.67. The van der Waals surface area contributed by atoms with E-state index in [-0.39, 0.29) is 30.0 Å². The number of carbonyl (C=O) groups excluding carboxylic acids is 1. The Kier molecular flexibility index (Phi) is 4.03. The second-order valence-electron chi connectivity index (χ2n) is 6.62. The van der Waals surface area contributed by atoms with Crippen LogP contribution in [0.2, 0.25) is 0 Å². The summed E-state index contributed by atoms with van der Waals surface area (Å²) in [6, 6.07) is 12.7. The van der Waals surface area contributed by atoms with E-state index in [2.05, 4.69) is 26.9 Å². The molecule has 2 aliphatic rings. The van der Waals surface area contributed by atoms with Gasteiger partial charge >= 0.3 is 6.29 Å². The molecule has 2 aromatic carbocycles. The van der Waals surface area contributed by atoms with Gasteiger partial charge in [0.15, 0.2) is 11.5 Å². The van der Waals surface area contributed by atoms with Gasteiger partial charge in [-0.25, -0.2) is 0 Å². The lowest BCUT2D eigenvalue weighted by Crippen LogP contribution is -2.38. The second kappa shape index (κ2) is 6.25. The number of fused-ring (bicyclic) bond motifs is 2. The predicted molar refractivity (Wildman–Crippen MR) is 91.5 cm³/mol. The number of hydrogen-bond donors (Lipinski definition) is 1. The molecule has 136 valence electrons. The van der Waals surface area contributed by atoms with Crippen LogP contribution >= 0.6 is 0 Å². The molecular weight excluding hydrogens is 342 g/mol. The fourth-order valence-electron chi connectivity index (χ4n) is 3.43. The van der Waals surface area contributed by atoms with Crippen molar-refractivity contribution in [1.82, 2.24) is 4.90 Å². The van der Waals surface area contributed by atoms with Crippen LogP contribution in [0.15, 0.2) is 42.5 Å². The third kappa shape index (κ3) is 3.35. The zero-order valence-corrected chi connectivity index (χ0v) is 14.2. The fraction of sp³-hybridized carbons (Fsp3) is 0.316. The number of rotatable bonds is 4. The van der Waals surface area contributed by atoms with Gasteiger partial charge in [0.1, 0.15) is 0 Å². The van der Waals surface area contributed by atoms with Crippen molar-refractivity contribution in [2.45, 2.75) is 25.2 Å². The van der Waals surface area contributed by atoms with Crippen LogP contribution in [0.3, 0.4) is 0 Å². The minimum Gasteiger partial charge on any atom is -0.395 e. The van der Waals surface area contributed by atoms with Gasteiger partial charge in [0.25, 0.3) is 0 Å². The van der Waals surface area contributed by atoms with Crippen molar-refractivity contribution >= 4 is 11.6 Å². The molecule has 0 bridgehead atoms. The summed E-state index contributed by atoms with van der Waals surface area (Å²) in [4.78, 5) is 14.3. The van der Waals surface area contributed by atoms with E-state index >= 15 is 0 Å². The van der Waals surface area contributed by atoms with Gasteiger partial charge in [0.2, 0.25) is 5.91 Å². The van der Waals surface area contributed by atoms with Crippen molar-refractivity contribution < 1.29 is 23.0 Å². The maximum Gasteiger partial charge on any atom is 0.586 e. The van der Waals surface area contributed by atoms with Gasteiger partial charge in [-0.2, -0.15) is 0 Å². The molecule has 0 aromatic heterocycles. The molecule has 4 rings (SSSR count). The first-order valence-electron chi connectivity index (χ1n) is 8.36. The van der Waals surface area contributed by atoms with Crippen LogP contribution in [-0.2, 0) is 17.6 Å². The smallest absolute Gasteiger partial charge is 0.395 e. The van der Waals surface area contributed by atoms with Gasteiger partial charge in [0, 0.05) is 17.8 Å². The van der Waals surface area contributed by atoms with Gasteiger partial charge in [-0.3, -0.25) is 9.69 Å². The summed E-state index contributed by atoms with van der Waals surface area (Å²) in [5, 5.41) is 2.71. The summed E-state index contributed by atoms with van der Waals surface area (Å²) in [7, 11) is 1.91. The van der Waals surface area contributed by atoms with Crippen LogP contribution in [0.25, 0.3) is 0 Å². The van der Waals surface area contributed by atoms with Gasteiger partial charge in [-0.1, -0.05) is 24.3 Å². The van der Waals surface area contributed by atoms with E-state index in [0.29, 0.717) is 5.69 Å². The van der Waals surface area contributed by atoms with Crippen LogP contribution < -0.4 is 14.8 Å². The minimum absolute atomic E-state index is 0.0474. The van der Waals surface area contributed by atoms with Crippen LogP contribution in [0.5, 0.6) is 11.5 Å². The molecule has 0 unspecified atom stereocenters. The maximum atomic E-state index is 13.1. The molecule has 1 amide bonds. The Labute approximate surface area is 149 Å². The van der Waals surface area contributed by atoms with Crippen molar-refractivity contribution in [2.24, 2.45) is 0 Å². The Balaban J connectivity index is 1.35. The molecule has 0 saturated heterocycles. The Morgan fingerprint density at radius 1 is 1.15 bits per heavy atom. The number of ether oxygens (including phenoxy) is 2. The van der Waals surface area contributed by atoms with Crippen LogP contribution in [-0.4, -0.2) is 36.7 Å². The standard InChI is InChI=1S/C19H18F2N2O3/c1-23(15-8-12-4-2-3-5-13(12)9-15)11-18(24)22-14-6-7-16-17(10-14)26-19(20,21)25-16/h2-7,10,15H,8-9,11H2,1H3,(H,22,24). The number of nitrogens with zero attached hydrogens (tertiary/aromatic N) is 1. The second-order valence-corrected chi connectivity index (χ2v) is 6.62. The van der Waals surface area contributed by atoms with Crippen LogP contribution in [0.1, 0.15) is 11.1 Å². The lowest BCUT2D eigenvalue weighted by molar-refractivity contribution is -0.286. The molecule has 1 aliphatic heterocycles. The molecule has 1 aliphatic carbocycles. The molecule has 0 radical (unpaired) electrons. The molecule has 1 N–H and O–H groups in total. The van der Waals surface area contributed by atoms with Crippen molar-refractivity contribution in [3.63, 3.8) is 0 Å². The number of carbonyl (C=O) groups is 1. The third-order valence-electron chi connectivity index (χ3n) is 4.73. The zero-order valence-electron chi connectivity index (χ0n) is 14.2. The third-order valence-corrected chi connectivity index (χ3v) is 4.73. The molecular formula is C19H18F2N2O3. The average molecular weight is 360 g/mol. The number of amides is 1. The topological polar surface area (TPSA) is 50.8 Å². The van der Waals surface area contributed by atoms with E-state index in [1.54, 1.807) is 0 Å². The summed E-state index contributed by atoms with van der Waals surface area (Å²) >= 11 is 0. The van der Waals surface area contributed by atoms with Crippen LogP contribution in [0, 0.1) is 0 Å². The van der Waals surface area contributed by atoms with E-state index in [1.165, 1.54) is 29.3 Å². The molecule has 2 aromatic rings. The van der Waals surface area contributed by atoms with Crippen molar-refractivity contribution in [3.8, 4) is 11.5 Å². The monoisotopic (exact) mass is 360 g/mol. The molecule has 0 fully saturated rings. The highest BCUT2D eigenvalue weighted by Crippen LogP contribution is 2.42. The highest BCUT2D eigenvalue weighted by Gasteiger charge is 2.43. The normalized spacial score (nSPS) is 17.4.